The van der Waals surface area contributed by atoms with E-state index < -0.39 is 0 Å². The van der Waals surface area contributed by atoms with Crippen molar-refractivity contribution in [1.82, 2.24) is 10.6 Å². The average molecular weight is 479 g/mol. The van der Waals surface area contributed by atoms with Crippen LogP contribution in [0.25, 0.3) is 0 Å². The van der Waals surface area contributed by atoms with Gasteiger partial charge in [-0.05, 0) is 89.9 Å². The van der Waals surface area contributed by atoms with E-state index in [1.807, 2.05) is 12.1 Å². The zero-order valence-corrected chi connectivity index (χ0v) is 18.5. The largest absolute Gasteiger partial charge is 0.490 e. The van der Waals surface area contributed by atoms with Gasteiger partial charge in [-0.1, -0.05) is 24.3 Å². The van der Waals surface area contributed by atoms with Crippen molar-refractivity contribution in [3.63, 3.8) is 0 Å². The van der Waals surface area contributed by atoms with Crippen molar-refractivity contribution in [2.75, 3.05) is 31.6 Å². The van der Waals surface area contributed by atoms with E-state index in [0.717, 1.165) is 29.7 Å². The van der Waals surface area contributed by atoms with Crippen LogP contribution in [-0.2, 0) is 6.54 Å². The molecule has 3 rings (SSSR count). The topological polar surface area (TPSA) is 62.4 Å². The Morgan fingerprint density at radius 3 is 2.93 bits per heavy atom. The molecule has 1 fully saturated rings. The molecule has 1 aliphatic heterocycles. The van der Waals surface area contributed by atoms with Gasteiger partial charge in [-0.25, -0.2) is 0 Å². The maximum Gasteiger partial charge on any atom is 0.255 e. The van der Waals surface area contributed by atoms with Gasteiger partial charge in [0.15, 0.2) is 0 Å². The smallest absolute Gasteiger partial charge is 0.255 e. The number of ether oxygens (including phenoxy) is 1. The Balaban J connectivity index is 1.72. The predicted molar refractivity (Wildman–Crippen MR) is 122 cm³/mol. The zero-order valence-electron chi connectivity index (χ0n) is 16.1. The van der Waals surface area contributed by atoms with Gasteiger partial charge in [0, 0.05) is 21.6 Å². The molecule has 154 valence electrons. The zero-order chi connectivity index (χ0) is 20.6. The Morgan fingerprint density at radius 1 is 1.34 bits per heavy atom. The molecule has 2 aromatic rings. The number of halogens is 2. The summed E-state index contributed by atoms with van der Waals surface area (Å²) in [5.74, 6) is 1.09. The first kappa shape index (κ1) is 21.8. The standard InChI is InChI=1S/C22H25BrClN3O2/c1-2-7-29-19-9-16(14-26-13-15-5-6-25-12-15)8-17(10-19)22(28)27-21-4-3-18(24)11-20(21)23/h2-4,8-11,15,25-26H,1,5-7,12-14H2,(H,27,28). The summed E-state index contributed by atoms with van der Waals surface area (Å²) in [6.45, 7) is 7.83. The Kier molecular flexibility index (Phi) is 8.12. The van der Waals surface area contributed by atoms with E-state index in [0.29, 0.717) is 41.1 Å². The third kappa shape index (κ3) is 6.57. The molecule has 0 bridgehead atoms. The lowest BCUT2D eigenvalue weighted by molar-refractivity contribution is 0.102. The molecule has 0 aliphatic carbocycles. The minimum atomic E-state index is -0.210. The van der Waals surface area contributed by atoms with Gasteiger partial charge in [0.1, 0.15) is 12.4 Å². The van der Waals surface area contributed by atoms with Gasteiger partial charge < -0.3 is 20.7 Å². The summed E-state index contributed by atoms with van der Waals surface area (Å²) in [5, 5.41) is 10.4. The van der Waals surface area contributed by atoms with Crippen LogP contribution in [0.2, 0.25) is 5.02 Å². The van der Waals surface area contributed by atoms with Crippen LogP contribution in [0.3, 0.4) is 0 Å². The van der Waals surface area contributed by atoms with Crippen molar-refractivity contribution in [2.45, 2.75) is 13.0 Å². The quantitative estimate of drug-likeness (QED) is 0.460. The van der Waals surface area contributed by atoms with E-state index >= 15 is 0 Å². The van der Waals surface area contributed by atoms with Crippen LogP contribution in [0.1, 0.15) is 22.3 Å². The highest BCUT2D eigenvalue weighted by atomic mass is 79.9. The molecule has 29 heavy (non-hydrogen) atoms. The van der Waals surface area contributed by atoms with Gasteiger partial charge in [0.05, 0.1) is 5.69 Å². The third-order valence-corrected chi connectivity index (χ3v) is 5.59. The number of hydrogen-bond acceptors (Lipinski definition) is 4. The number of carbonyl (C=O) groups is 1. The summed E-state index contributed by atoms with van der Waals surface area (Å²) < 4.78 is 6.42. The summed E-state index contributed by atoms with van der Waals surface area (Å²) in [4.78, 5) is 12.8. The first-order valence-electron chi connectivity index (χ1n) is 9.60. The monoisotopic (exact) mass is 477 g/mol. The molecular weight excluding hydrogens is 454 g/mol. The highest BCUT2D eigenvalue weighted by Gasteiger charge is 2.15. The lowest BCUT2D eigenvalue weighted by atomic mass is 10.1. The van der Waals surface area contributed by atoms with E-state index in [4.69, 9.17) is 16.3 Å². The van der Waals surface area contributed by atoms with Crippen LogP contribution in [0.5, 0.6) is 5.75 Å². The average Bonchev–Trinajstić information content (AvgIpc) is 3.22. The third-order valence-electron chi connectivity index (χ3n) is 4.70. The first-order valence-corrected chi connectivity index (χ1v) is 10.8. The Bertz CT molecular complexity index is 869. The van der Waals surface area contributed by atoms with Crippen LogP contribution in [0.15, 0.2) is 53.5 Å². The molecule has 0 aromatic heterocycles. The van der Waals surface area contributed by atoms with E-state index in [-0.39, 0.29) is 5.91 Å². The van der Waals surface area contributed by atoms with Gasteiger partial charge in [0.25, 0.3) is 5.91 Å². The molecule has 1 amide bonds. The van der Waals surface area contributed by atoms with Crippen molar-refractivity contribution >= 4 is 39.1 Å². The number of amides is 1. The molecule has 5 nitrogen and oxygen atoms in total. The van der Waals surface area contributed by atoms with Crippen molar-refractivity contribution in [3.8, 4) is 5.75 Å². The number of anilines is 1. The molecule has 1 atom stereocenters. The maximum absolute atomic E-state index is 12.8. The van der Waals surface area contributed by atoms with Crippen molar-refractivity contribution in [3.05, 3.63) is 69.7 Å². The van der Waals surface area contributed by atoms with Gasteiger partial charge in [0.2, 0.25) is 0 Å². The number of hydrogen-bond donors (Lipinski definition) is 3. The molecular formula is C22H25BrClN3O2. The fourth-order valence-electron chi connectivity index (χ4n) is 3.23. The lowest BCUT2D eigenvalue weighted by Gasteiger charge is -2.14. The molecule has 1 heterocycles. The minimum Gasteiger partial charge on any atom is -0.490 e. The lowest BCUT2D eigenvalue weighted by Crippen LogP contribution is -2.24. The minimum absolute atomic E-state index is 0.210. The number of benzene rings is 2. The van der Waals surface area contributed by atoms with Crippen LogP contribution < -0.4 is 20.7 Å². The summed E-state index contributed by atoms with van der Waals surface area (Å²) >= 11 is 9.41. The molecule has 7 heteroatoms. The molecule has 0 radical (unpaired) electrons. The summed E-state index contributed by atoms with van der Waals surface area (Å²) in [7, 11) is 0. The molecule has 1 saturated heterocycles. The number of rotatable bonds is 9. The maximum atomic E-state index is 12.8. The fourth-order valence-corrected chi connectivity index (χ4v) is 4.01. The van der Waals surface area contributed by atoms with Crippen LogP contribution >= 0.6 is 27.5 Å². The second-order valence-corrected chi connectivity index (χ2v) is 8.32. The summed E-state index contributed by atoms with van der Waals surface area (Å²) in [6.07, 6.45) is 2.88. The second kappa shape index (κ2) is 10.8. The van der Waals surface area contributed by atoms with Crippen molar-refractivity contribution in [1.29, 1.82) is 0 Å². The molecule has 0 spiro atoms. The SMILES string of the molecule is C=CCOc1cc(CNCC2CCNC2)cc(C(=O)Nc2ccc(Cl)cc2Br)c1. The highest BCUT2D eigenvalue weighted by Crippen LogP contribution is 2.27. The number of carbonyl (C=O) groups excluding carboxylic acids is 1. The highest BCUT2D eigenvalue weighted by molar-refractivity contribution is 9.10. The molecule has 0 saturated carbocycles. The van der Waals surface area contributed by atoms with Gasteiger partial charge in [-0.2, -0.15) is 0 Å². The van der Waals surface area contributed by atoms with E-state index in [1.165, 1.54) is 6.42 Å². The van der Waals surface area contributed by atoms with E-state index in [2.05, 4.69) is 38.5 Å². The summed E-state index contributed by atoms with van der Waals surface area (Å²) in [6, 6.07) is 10.8. The van der Waals surface area contributed by atoms with Crippen LogP contribution in [0, 0.1) is 5.92 Å². The van der Waals surface area contributed by atoms with Gasteiger partial charge in [-0.3, -0.25) is 4.79 Å². The first-order chi connectivity index (χ1) is 14.0. The van der Waals surface area contributed by atoms with Crippen molar-refractivity contribution in [2.24, 2.45) is 5.92 Å². The van der Waals surface area contributed by atoms with Crippen LogP contribution in [0.4, 0.5) is 5.69 Å². The second-order valence-electron chi connectivity index (χ2n) is 7.03. The normalized spacial score (nSPS) is 15.9. The molecule has 1 aliphatic rings. The van der Waals surface area contributed by atoms with E-state index in [1.54, 1.807) is 30.3 Å². The summed E-state index contributed by atoms with van der Waals surface area (Å²) in [5.41, 5.74) is 2.19. The molecule has 1 unspecified atom stereocenters. The Morgan fingerprint density at radius 2 is 2.21 bits per heavy atom. The molecule has 3 N–H and O–H groups in total. The van der Waals surface area contributed by atoms with Crippen molar-refractivity contribution < 1.29 is 9.53 Å². The van der Waals surface area contributed by atoms with Gasteiger partial charge in [-0.15, -0.1) is 0 Å². The van der Waals surface area contributed by atoms with E-state index in [9.17, 15) is 4.79 Å². The fraction of sp³-hybridized carbons (Fsp3) is 0.318. The molecule has 2 aromatic carbocycles. The van der Waals surface area contributed by atoms with Crippen LogP contribution in [-0.4, -0.2) is 32.1 Å². The van der Waals surface area contributed by atoms with Gasteiger partial charge >= 0.3 is 0 Å². The predicted octanol–water partition coefficient (Wildman–Crippen LogP) is 4.62. The Hall–Kier alpha value is -1.86. The Labute approximate surface area is 185 Å². The number of nitrogens with one attached hydrogen (secondary N) is 3.